The lowest BCUT2D eigenvalue weighted by Crippen LogP contribution is -2.33. The van der Waals surface area contributed by atoms with E-state index in [2.05, 4.69) is 22.1 Å². The van der Waals surface area contributed by atoms with Crippen LogP contribution in [0.5, 0.6) is 0 Å². The Balaban J connectivity index is 1.71. The summed E-state index contributed by atoms with van der Waals surface area (Å²) in [5.74, 6) is -0.0499. The van der Waals surface area contributed by atoms with Crippen LogP contribution >= 0.6 is 11.6 Å². The van der Waals surface area contributed by atoms with Crippen LogP contribution in [0, 0.1) is 0 Å². The summed E-state index contributed by atoms with van der Waals surface area (Å²) >= 11 is 5.92. The fourth-order valence-corrected chi connectivity index (χ4v) is 2.76. The Morgan fingerprint density at radius 1 is 1.27 bits per heavy atom. The fourth-order valence-electron chi connectivity index (χ4n) is 2.64. The Labute approximate surface area is 135 Å². The van der Waals surface area contributed by atoms with Gasteiger partial charge in [0.05, 0.1) is 12.2 Å². The zero-order chi connectivity index (χ0) is 15.7. The van der Waals surface area contributed by atoms with Gasteiger partial charge in [0.1, 0.15) is 0 Å². The SMILES string of the molecule is CN(C)C(=O)c1cc2n(n1)CCN(Cc1ccc(Cl)cc1)C2. The minimum absolute atomic E-state index is 0.0499. The molecule has 0 radical (unpaired) electrons. The van der Waals surface area contributed by atoms with E-state index in [0.717, 1.165) is 36.9 Å². The maximum atomic E-state index is 12.0. The quantitative estimate of drug-likeness (QED) is 0.871. The van der Waals surface area contributed by atoms with Crippen molar-refractivity contribution in [2.75, 3.05) is 20.6 Å². The predicted molar refractivity (Wildman–Crippen MR) is 85.8 cm³/mol. The summed E-state index contributed by atoms with van der Waals surface area (Å²) in [6, 6.07) is 9.83. The van der Waals surface area contributed by atoms with E-state index in [4.69, 9.17) is 11.6 Å². The molecule has 1 aliphatic heterocycles. The number of carbonyl (C=O) groups excluding carboxylic acids is 1. The molecule has 5 nitrogen and oxygen atoms in total. The van der Waals surface area contributed by atoms with Gasteiger partial charge in [-0.15, -0.1) is 0 Å². The van der Waals surface area contributed by atoms with Gasteiger partial charge in [-0.25, -0.2) is 0 Å². The molecule has 0 N–H and O–H groups in total. The highest BCUT2D eigenvalue weighted by Crippen LogP contribution is 2.18. The fraction of sp³-hybridized carbons (Fsp3) is 0.375. The third-order valence-electron chi connectivity index (χ3n) is 3.82. The normalized spacial score (nSPS) is 14.7. The lowest BCUT2D eigenvalue weighted by atomic mass is 10.2. The Kier molecular flexibility index (Phi) is 4.18. The number of rotatable bonds is 3. The Bertz CT molecular complexity index is 678. The number of hydrogen-bond donors (Lipinski definition) is 0. The molecule has 1 aliphatic rings. The second-order valence-corrected chi connectivity index (χ2v) is 6.22. The third kappa shape index (κ3) is 3.15. The summed E-state index contributed by atoms with van der Waals surface area (Å²) in [4.78, 5) is 15.9. The van der Waals surface area contributed by atoms with Crippen molar-refractivity contribution in [1.29, 1.82) is 0 Å². The molecule has 0 saturated carbocycles. The van der Waals surface area contributed by atoms with E-state index in [0.29, 0.717) is 5.69 Å². The molecule has 0 atom stereocenters. The van der Waals surface area contributed by atoms with Gasteiger partial charge in [0, 0.05) is 38.8 Å². The van der Waals surface area contributed by atoms with Crippen LogP contribution in [0.4, 0.5) is 0 Å². The molecule has 3 rings (SSSR count). The first kappa shape index (κ1) is 15.1. The molecule has 22 heavy (non-hydrogen) atoms. The molecular weight excluding hydrogens is 300 g/mol. The van der Waals surface area contributed by atoms with Crippen LogP contribution in [0.1, 0.15) is 21.7 Å². The monoisotopic (exact) mass is 318 g/mol. The van der Waals surface area contributed by atoms with Gasteiger partial charge < -0.3 is 4.90 Å². The maximum absolute atomic E-state index is 12.0. The van der Waals surface area contributed by atoms with E-state index in [1.165, 1.54) is 5.56 Å². The first-order valence-corrected chi connectivity index (χ1v) is 7.66. The molecule has 0 fully saturated rings. The van der Waals surface area contributed by atoms with Gasteiger partial charge in [-0.3, -0.25) is 14.4 Å². The Hall–Kier alpha value is -1.85. The lowest BCUT2D eigenvalue weighted by Gasteiger charge is -2.27. The van der Waals surface area contributed by atoms with Crippen molar-refractivity contribution in [3.63, 3.8) is 0 Å². The highest BCUT2D eigenvalue weighted by Gasteiger charge is 2.21. The molecule has 6 heteroatoms. The minimum atomic E-state index is -0.0499. The summed E-state index contributed by atoms with van der Waals surface area (Å²) in [6.45, 7) is 3.41. The van der Waals surface area contributed by atoms with E-state index >= 15 is 0 Å². The Morgan fingerprint density at radius 3 is 2.68 bits per heavy atom. The van der Waals surface area contributed by atoms with E-state index in [1.807, 2.05) is 22.9 Å². The smallest absolute Gasteiger partial charge is 0.273 e. The second kappa shape index (κ2) is 6.10. The molecule has 1 amide bonds. The molecular formula is C16H19ClN4O. The van der Waals surface area contributed by atoms with Crippen LogP contribution in [0.15, 0.2) is 30.3 Å². The van der Waals surface area contributed by atoms with E-state index in [1.54, 1.807) is 19.0 Å². The van der Waals surface area contributed by atoms with Crippen molar-refractivity contribution in [2.45, 2.75) is 19.6 Å². The van der Waals surface area contributed by atoms with Crippen LogP contribution in [0.3, 0.4) is 0 Å². The zero-order valence-electron chi connectivity index (χ0n) is 12.8. The number of benzene rings is 1. The number of aromatic nitrogens is 2. The second-order valence-electron chi connectivity index (χ2n) is 5.78. The predicted octanol–water partition coefficient (Wildman–Crippen LogP) is 2.25. The van der Waals surface area contributed by atoms with Gasteiger partial charge >= 0.3 is 0 Å². The number of fused-ring (bicyclic) bond motifs is 1. The van der Waals surface area contributed by atoms with Crippen molar-refractivity contribution >= 4 is 17.5 Å². The summed E-state index contributed by atoms with van der Waals surface area (Å²) in [5, 5.41) is 5.16. The summed E-state index contributed by atoms with van der Waals surface area (Å²) in [7, 11) is 3.49. The van der Waals surface area contributed by atoms with E-state index < -0.39 is 0 Å². The van der Waals surface area contributed by atoms with Crippen LogP contribution < -0.4 is 0 Å². The standard InChI is InChI=1S/C16H19ClN4O/c1-19(2)16(22)15-9-14-11-20(7-8-21(14)18-15)10-12-3-5-13(17)6-4-12/h3-6,9H,7-8,10-11H2,1-2H3. The van der Waals surface area contributed by atoms with Crippen LogP contribution in [-0.2, 0) is 19.6 Å². The molecule has 0 spiro atoms. The number of nitrogens with zero attached hydrogens (tertiary/aromatic N) is 4. The van der Waals surface area contributed by atoms with Gasteiger partial charge in [0.2, 0.25) is 0 Å². The molecule has 2 aromatic rings. The number of amides is 1. The van der Waals surface area contributed by atoms with Gasteiger partial charge in [0.15, 0.2) is 5.69 Å². The average molecular weight is 319 g/mol. The number of carbonyl (C=O) groups is 1. The average Bonchev–Trinajstić information content (AvgIpc) is 2.91. The molecule has 2 heterocycles. The number of hydrogen-bond acceptors (Lipinski definition) is 3. The van der Waals surface area contributed by atoms with Crippen molar-refractivity contribution in [3.8, 4) is 0 Å². The summed E-state index contributed by atoms with van der Waals surface area (Å²) < 4.78 is 1.94. The molecule has 1 aromatic heterocycles. The van der Waals surface area contributed by atoms with E-state index in [9.17, 15) is 4.79 Å². The number of halogens is 1. The topological polar surface area (TPSA) is 41.4 Å². The molecule has 0 aliphatic carbocycles. The molecule has 0 saturated heterocycles. The van der Waals surface area contributed by atoms with Gasteiger partial charge in [-0.05, 0) is 23.8 Å². The van der Waals surface area contributed by atoms with Crippen LogP contribution in [0.25, 0.3) is 0 Å². The van der Waals surface area contributed by atoms with Crippen molar-refractivity contribution in [2.24, 2.45) is 0 Å². The van der Waals surface area contributed by atoms with Crippen LogP contribution in [-0.4, -0.2) is 46.1 Å². The van der Waals surface area contributed by atoms with Gasteiger partial charge in [-0.1, -0.05) is 23.7 Å². The largest absolute Gasteiger partial charge is 0.343 e. The van der Waals surface area contributed by atoms with Gasteiger partial charge in [0.25, 0.3) is 5.91 Å². The summed E-state index contributed by atoms with van der Waals surface area (Å²) in [5.41, 5.74) is 2.85. The summed E-state index contributed by atoms with van der Waals surface area (Å²) in [6.07, 6.45) is 0. The first-order chi connectivity index (χ1) is 10.5. The van der Waals surface area contributed by atoms with Crippen molar-refractivity contribution in [3.05, 3.63) is 52.3 Å². The molecule has 0 bridgehead atoms. The molecule has 116 valence electrons. The lowest BCUT2D eigenvalue weighted by molar-refractivity contribution is 0.0821. The minimum Gasteiger partial charge on any atom is -0.343 e. The third-order valence-corrected chi connectivity index (χ3v) is 4.07. The first-order valence-electron chi connectivity index (χ1n) is 7.28. The van der Waals surface area contributed by atoms with Gasteiger partial charge in [-0.2, -0.15) is 5.10 Å². The molecule has 1 aromatic carbocycles. The highest BCUT2D eigenvalue weighted by molar-refractivity contribution is 6.30. The zero-order valence-corrected chi connectivity index (χ0v) is 13.5. The maximum Gasteiger partial charge on any atom is 0.273 e. The van der Waals surface area contributed by atoms with Crippen molar-refractivity contribution < 1.29 is 4.79 Å². The van der Waals surface area contributed by atoms with E-state index in [-0.39, 0.29) is 5.91 Å². The van der Waals surface area contributed by atoms with Crippen molar-refractivity contribution in [1.82, 2.24) is 19.6 Å². The van der Waals surface area contributed by atoms with Crippen LogP contribution in [0.2, 0.25) is 5.02 Å². The Morgan fingerprint density at radius 2 is 2.00 bits per heavy atom. The molecule has 0 unspecified atom stereocenters. The highest BCUT2D eigenvalue weighted by atomic mass is 35.5.